The molecule has 2 nitrogen and oxygen atoms in total. The van der Waals surface area contributed by atoms with Gasteiger partial charge in [0.15, 0.2) is 0 Å². The maximum atomic E-state index is 6.18. The number of rotatable bonds is 3. The van der Waals surface area contributed by atoms with E-state index in [2.05, 4.69) is 37.5 Å². The quantitative estimate of drug-likeness (QED) is 0.902. The van der Waals surface area contributed by atoms with Gasteiger partial charge in [0.25, 0.3) is 0 Å². The zero-order chi connectivity index (χ0) is 15.2. The lowest BCUT2D eigenvalue weighted by atomic mass is 9.56. The van der Waals surface area contributed by atoms with E-state index in [0.29, 0.717) is 17.6 Å². The van der Waals surface area contributed by atoms with Crippen LogP contribution >= 0.6 is 0 Å². The van der Waals surface area contributed by atoms with Gasteiger partial charge in [0.2, 0.25) is 0 Å². The van der Waals surface area contributed by atoms with E-state index in [1.54, 1.807) is 11.1 Å². The van der Waals surface area contributed by atoms with Crippen molar-refractivity contribution in [3.05, 3.63) is 29.3 Å². The molecule has 0 heterocycles. The zero-order valence-electron chi connectivity index (χ0n) is 14.0. The van der Waals surface area contributed by atoms with Crippen LogP contribution in [0, 0.1) is 5.92 Å². The smallest absolute Gasteiger partial charge is 0.120 e. The van der Waals surface area contributed by atoms with Crippen LogP contribution in [0.1, 0.15) is 63.0 Å². The minimum absolute atomic E-state index is 0.332. The Labute approximate surface area is 134 Å². The highest BCUT2D eigenvalue weighted by Crippen LogP contribution is 2.50. The third kappa shape index (κ3) is 2.27. The summed E-state index contributed by atoms with van der Waals surface area (Å²) in [6.45, 7) is 2.51. The molecule has 0 saturated heterocycles. The summed E-state index contributed by atoms with van der Waals surface area (Å²) in [7, 11) is 2.14. The second-order valence-electron chi connectivity index (χ2n) is 7.86. The predicted octanol–water partition coefficient (Wildman–Crippen LogP) is 4.21. The molecule has 0 unspecified atom stereocenters. The maximum Gasteiger partial charge on any atom is 0.120 e. The Morgan fingerprint density at radius 1 is 1.14 bits per heavy atom. The molecule has 0 radical (unpaired) electrons. The molecule has 0 aliphatic heterocycles. The average molecular weight is 299 g/mol. The SMILES string of the molecule is CN[C@H]1Cc2ccc(OC3CCC3)cc2[C@]2(C)CCCC[C@H]12. The Morgan fingerprint density at radius 3 is 2.73 bits per heavy atom. The second kappa shape index (κ2) is 5.56. The van der Waals surface area contributed by atoms with Crippen molar-refractivity contribution >= 4 is 0 Å². The largest absolute Gasteiger partial charge is 0.490 e. The average Bonchev–Trinajstić information content (AvgIpc) is 2.50. The van der Waals surface area contributed by atoms with Crippen LogP contribution in [0.15, 0.2) is 18.2 Å². The normalized spacial score (nSPS) is 34.5. The van der Waals surface area contributed by atoms with Crippen molar-refractivity contribution in [2.24, 2.45) is 5.92 Å². The van der Waals surface area contributed by atoms with E-state index in [9.17, 15) is 0 Å². The van der Waals surface area contributed by atoms with Crippen LogP contribution in [-0.4, -0.2) is 19.2 Å². The monoisotopic (exact) mass is 299 g/mol. The highest BCUT2D eigenvalue weighted by molar-refractivity contribution is 5.44. The van der Waals surface area contributed by atoms with Crippen molar-refractivity contribution in [1.82, 2.24) is 5.32 Å². The van der Waals surface area contributed by atoms with Crippen LogP contribution in [-0.2, 0) is 11.8 Å². The lowest BCUT2D eigenvalue weighted by Gasteiger charge is -2.50. The van der Waals surface area contributed by atoms with Crippen LogP contribution in [0.5, 0.6) is 5.75 Å². The maximum absolute atomic E-state index is 6.18. The number of hydrogen-bond acceptors (Lipinski definition) is 2. The summed E-state index contributed by atoms with van der Waals surface area (Å²) in [5.41, 5.74) is 3.46. The molecule has 22 heavy (non-hydrogen) atoms. The van der Waals surface area contributed by atoms with Crippen LogP contribution in [0.25, 0.3) is 0 Å². The molecular weight excluding hydrogens is 270 g/mol. The van der Waals surface area contributed by atoms with Crippen LogP contribution in [0.4, 0.5) is 0 Å². The van der Waals surface area contributed by atoms with Gasteiger partial charge in [-0.3, -0.25) is 0 Å². The summed E-state index contributed by atoms with van der Waals surface area (Å²) in [6.07, 6.45) is 10.9. The Morgan fingerprint density at radius 2 is 2.00 bits per heavy atom. The summed E-state index contributed by atoms with van der Waals surface area (Å²) in [6, 6.07) is 7.56. The molecule has 1 aromatic carbocycles. The number of ether oxygens (including phenoxy) is 1. The summed E-state index contributed by atoms with van der Waals surface area (Å²) in [5.74, 6) is 1.88. The van der Waals surface area contributed by atoms with Crippen LogP contribution in [0.2, 0.25) is 0 Å². The molecular formula is C20H29NO. The van der Waals surface area contributed by atoms with Gasteiger partial charge in [0, 0.05) is 6.04 Å². The molecule has 2 heteroatoms. The van der Waals surface area contributed by atoms with Crippen molar-refractivity contribution in [1.29, 1.82) is 0 Å². The van der Waals surface area contributed by atoms with Crippen molar-refractivity contribution in [2.75, 3.05) is 7.05 Å². The highest BCUT2D eigenvalue weighted by atomic mass is 16.5. The Kier molecular flexibility index (Phi) is 3.68. The first-order valence-corrected chi connectivity index (χ1v) is 9.18. The molecule has 3 atom stereocenters. The van der Waals surface area contributed by atoms with Gasteiger partial charge in [-0.25, -0.2) is 0 Å². The molecule has 120 valence electrons. The second-order valence-corrected chi connectivity index (χ2v) is 7.86. The van der Waals surface area contributed by atoms with Gasteiger partial charge in [0.05, 0.1) is 6.10 Å². The lowest BCUT2D eigenvalue weighted by Crippen LogP contribution is -2.51. The third-order valence-electron chi connectivity index (χ3n) is 6.63. The van der Waals surface area contributed by atoms with Gasteiger partial charge >= 0.3 is 0 Å². The molecule has 0 amide bonds. The number of benzene rings is 1. The molecule has 1 N–H and O–H groups in total. The molecule has 0 spiro atoms. The summed E-state index contributed by atoms with van der Waals surface area (Å²) >= 11 is 0. The lowest BCUT2D eigenvalue weighted by molar-refractivity contribution is 0.117. The van der Waals surface area contributed by atoms with E-state index in [1.165, 1.54) is 51.4 Å². The fraction of sp³-hybridized carbons (Fsp3) is 0.700. The zero-order valence-corrected chi connectivity index (χ0v) is 14.0. The van der Waals surface area contributed by atoms with Crippen molar-refractivity contribution < 1.29 is 4.74 Å². The van der Waals surface area contributed by atoms with Crippen molar-refractivity contribution in [3.8, 4) is 5.75 Å². The van der Waals surface area contributed by atoms with Crippen molar-refractivity contribution in [3.63, 3.8) is 0 Å². The van der Waals surface area contributed by atoms with Gasteiger partial charge < -0.3 is 10.1 Å². The first-order chi connectivity index (χ1) is 10.7. The van der Waals surface area contributed by atoms with E-state index < -0.39 is 0 Å². The van der Waals surface area contributed by atoms with Gasteiger partial charge in [-0.1, -0.05) is 25.8 Å². The number of likely N-dealkylation sites (N-methyl/N-ethyl adjacent to an activating group) is 1. The molecule has 0 aromatic heterocycles. The molecule has 2 saturated carbocycles. The van der Waals surface area contributed by atoms with E-state index in [0.717, 1.165) is 11.7 Å². The minimum Gasteiger partial charge on any atom is -0.490 e. The summed E-state index contributed by atoms with van der Waals surface area (Å²) in [5, 5.41) is 3.60. The summed E-state index contributed by atoms with van der Waals surface area (Å²) < 4.78 is 6.18. The molecule has 4 rings (SSSR count). The molecule has 1 aromatic rings. The van der Waals surface area contributed by atoms with E-state index in [1.807, 2.05) is 0 Å². The van der Waals surface area contributed by atoms with E-state index >= 15 is 0 Å². The topological polar surface area (TPSA) is 21.3 Å². The van der Waals surface area contributed by atoms with E-state index in [-0.39, 0.29) is 0 Å². The third-order valence-corrected chi connectivity index (χ3v) is 6.63. The van der Waals surface area contributed by atoms with Gasteiger partial charge in [-0.05, 0) is 80.2 Å². The van der Waals surface area contributed by atoms with Crippen molar-refractivity contribution in [2.45, 2.75) is 75.9 Å². The fourth-order valence-corrected chi connectivity index (χ4v) is 5.04. The predicted molar refractivity (Wildman–Crippen MR) is 90.6 cm³/mol. The molecule has 3 aliphatic rings. The molecule has 0 bridgehead atoms. The number of hydrogen-bond donors (Lipinski definition) is 1. The van der Waals surface area contributed by atoms with E-state index in [4.69, 9.17) is 4.74 Å². The molecule has 2 fully saturated rings. The molecule has 3 aliphatic carbocycles. The Balaban J connectivity index is 1.69. The Bertz CT molecular complexity index is 551. The van der Waals surface area contributed by atoms with Crippen LogP contribution < -0.4 is 10.1 Å². The fourth-order valence-electron chi connectivity index (χ4n) is 5.04. The minimum atomic E-state index is 0.332. The first-order valence-electron chi connectivity index (χ1n) is 9.18. The van der Waals surface area contributed by atoms with Gasteiger partial charge in [-0.2, -0.15) is 0 Å². The standard InChI is InChI=1S/C20H29NO/c1-20-11-4-3-8-17(20)19(21-2)12-14-9-10-16(13-18(14)20)22-15-6-5-7-15/h9-10,13,15,17,19,21H,3-8,11-12H2,1-2H3/t17-,19+,20-/m1/s1. The summed E-state index contributed by atoms with van der Waals surface area (Å²) in [4.78, 5) is 0. The van der Waals surface area contributed by atoms with Crippen LogP contribution in [0.3, 0.4) is 0 Å². The van der Waals surface area contributed by atoms with Gasteiger partial charge in [0.1, 0.15) is 5.75 Å². The highest BCUT2D eigenvalue weighted by Gasteiger charge is 2.46. The first kappa shape index (κ1) is 14.6. The number of fused-ring (bicyclic) bond motifs is 3. The Hall–Kier alpha value is -1.02. The number of nitrogens with one attached hydrogen (secondary N) is 1. The van der Waals surface area contributed by atoms with Gasteiger partial charge in [-0.15, -0.1) is 0 Å².